The standard InChI is InChI=1S/C18H26O2/c1-18-9-8-14-13-5-3-12(19)10-11(13)2-4-15(14)16(18)6-7-17(18)20/h11,13-16H,2-10H2,1H3/t11-,13?,14+,15+,16-,18?/m0/s1. The fourth-order valence-electron chi connectivity index (χ4n) is 6.43. The van der Waals surface area contributed by atoms with Gasteiger partial charge < -0.3 is 0 Å². The molecule has 4 saturated carbocycles. The number of hydrogen-bond donors (Lipinski definition) is 0. The van der Waals surface area contributed by atoms with Crippen molar-refractivity contribution in [2.75, 3.05) is 0 Å². The average Bonchev–Trinajstić information content (AvgIpc) is 2.74. The predicted molar refractivity (Wildman–Crippen MR) is 77.1 cm³/mol. The van der Waals surface area contributed by atoms with Crippen LogP contribution < -0.4 is 0 Å². The lowest BCUT2D eigenvalue weighted by atomic mass is 9.50. The van der Waals surface area contributed by atoms with Crippen molar-refractivity contribution in [2.24, 2.45) is 35.0 Å². The van der Waals surface area contributed by atoms with Gasteiger partial charge in [-0.25, -0.2) is 0 Å². The lowest BCUT2D eigenvalue weighted by molar-refractivity contribution is -0.134. The number of Topliss-reactive ketones (excluding diaryl/α,β-unsaturated/α-hetero) is 2. The van der Waals surface area contributed by atoms with Crippen LogP contribution in [0.4, 0.5) is 0 Å². The SMILES string of the molecule is CC12CC[C@@H]3C4CCC(=O)C[C@@H]4CC[C@H]3[C@@H]1CCC2=O. The van der Waals surface area contributed by atoms with Gasteiger partial charge in [-0.3, -0.25) is 9.59 Å². The topological polar surface area (TPSA) is 34.1 Å². The smallest absolute Gasteiger partial charge is 0.139 e. The molecule has 4 rings (SSSR count). The molecule has 0 radical (unpaired) electrons. The molecule has 0 aromatic heterocycles. The summed E-state index contributed by atoms with van der Waals surface area (Å²) < 4.78 is 0. The van der Waals surface area contributed by atoms with Crippen LogP contribution in [0.5, 0.6) is 0 Å². The highest BCUT2D eigenvalue weighted by atomic mass is 16.1. The van der Waals surface area contributed by atoms with E-state index in [1.54, 1.807) is 0 Å². The van der Waals surface area contributed by atoms with Gasteiger partial charge in [0.05, 0.1) is 0 Å². The van der Waals surface area contributed by atoms with Crippen LogP contribution >= 0.6 is 0 Å². The second-order valence-corrected chi connectivity index (χ2v) is 8.13. The van der Waals surface area contributed by atoms with Crippen molar-refractivity contribution in [3.8, 4) is 0 Å². The van der Waals surface area contributed by atoms with Gasteiger partial charge in [0.1, 0.15) is 11.6 Å². The maximum Gasteiger partial charge on any atom is 0.139 e. The number of fused-ring (bicyclic) bond motifs is 5. The summed E-state index contributed by atoms with van der Waals surface area (Å²) in [4.78, 5) is 24.0. The molecule has 0 saturated heterocycles. The van der Waals surface area contributed by atoms with Crippen LogP contribution in [0.2, 0.25) is 0 Å². The summed E-state index contributed by atoms with van der Waals surface area (Å²) in [7, 11) is 0. The summed E-state index contributed by atoms with van der Waals surface area (Å²) in [5.74, 6) is 4.79. The predicted octanol–water partition coefficient (Wildman–Crippen LogP) is 3.78. The lowest BCUT2D eigenvalue weighted by Crippen LogP contribution is -2.48. The van der Waals surface area contributed by atoms with E-state index < -0.39 is 0 Å². The Morgan fingerprint density at radius 3 is 2.60 bits per heavy atom. The van der Waals surface area contributed by atoms with Crippen LogP contribution in [-0.2, 0) is 9.59 Å². The highest BCUT2D eigenvalue weighted by Crippen LogP contribution is 2.61. The zero-order chi connectivity index (χ0) is 13.9. The van der Waals surface area contributed by atoms with E-state index in [9.17, 15) is 9.59 Å². The summed E-state index contributed by atoms with van der Waals surface area (Å²) in [5.41, 5.74) is 0.0124. The molecule has 0 N–H and O–H groups in total. The minimum absolute atomic E-state index is 0.0124. The molecule has 0 aromatic rings. The van der Waals surface area contributed by atoms with Gasteiger partial charge in [0.25, 0.3) is 0 Å². The number of carbonyl (C=O) groups excluding carboxylic acids is 2. The third-order valence-electron chi connectivity index (χ3n) is 7.47. The van der Waals surface area contributed by atoms with E-state index in [-0.39, 0.29) is 5.41 Å². The first-order valence-corrected chi connectivity index (χ1v) is 8.64. The summed E-state index contributed by atoms with van der Waals surface area (Å²) in [6.07, 6.45) is 9.70. The van der Waals surface area contributed by atoms with Crippen LogP contribution in [-0.4, -0.2) is 11.6 Å². The van der Waals surface area contributed by atoms with Crippen molar-refractivity contribution in [1.82, 2.24) is 0 Å². The molecule has 0 amide bonds. The fourth-order valence-corrected chi connectivity index (χ4v) is 6.43. The van der Waals surface area contributed by atoms with Gasteiger partial charge in [-0.2, -0.15) is 0 Å². The fraction of sp³-hybridized carbons (Fsp3) is 0.889. The minimum atomic E-state index is 0.0124. The number of carbonyl (C=O) groups is 2. The molecule has 2 heteroatoms. The normalized spacial score (nSPS) is 51.4. The Hall–Kier alpha value is -0.660. The van der Waals surface area contributed by atoms with E-state index in [1.165, 1.54) is 19.3 Å². The Kier molecular flexibility index (Phi) is 2.88. The van der Waals surface area contributed by atoms with Crippen LogP contribution in [0.3, 0.4) is 0 Å². The second-order valence-electron chi connectivity index (χ2n) is 8.13. The molecule has 0 spiro atoms. The molecule has 0 aromatic carbocycles. The van der Waals surface area contributed by atoms with E-state index in [4.69, 9.17) is 0 Å². The largest absolute Gasteiger partial charge is 0.300 e. The zero-order valence-electron chi connectivity index (χ0n) is 12.6. The molecular weight excluding hydrogens is 248 g/mol. The number of hydrogen-bond acceptors (Lipinski definition) is 2. The second kappa shape index (κ2) is 4.42. The Bertz CT molecular complexity index is 454. The van der Waals surface area contributed by atoms with Crippen LogP contribution in [0.1, 0.15) is 64.7 Å². The lowest BCUT2D eigenvalue weighted by Gasteiger charge is -2.53. The Labute approximate surface area is 121 Å². The maximum atomic E-state index is 12.3. The number of rotatable bonds is 0. The Morgan fingerprint density at radius 1 is 0.900 bits per heavy atom. The summed E-state index contributed by atoms with van der Waals surface area (Å²) >= 11 is 0. The van der Waals surface area contributed by atoms with Crippen molar-refractivity contribution in [3.05, 3.63) is 0 Å². The van der Waals surface area contributed by atoms with E-state index in [0.717, 1.165) is 56.3 Å². The zero-order valence-corrected chi connectivity index (χ0v) is 12.6. The summed E-state index contributed by atoms with van der Waals surface area (Å²) in [6, 6.07) is 0. The molecule has 0 heterocycles. The van der Waals surface area contributed by atoms with Crippen molar-refractivity contribution in [3.63, 3.8) is 0 Å². The van der Waals surface area contributed by atoms with Gasteiger partial charge in [-0.1, -0.05) is 6.92 Å². The molecule has 4 aliphatic carbocycles. The molecule has 110 valence electrons. The number of ketones is 2. The average molecular weight is 274 g/mol. The Morgan fingerprint density at radius 2 is 1.75 bits per heavy atom. The van der Waals surface area contributed by atoms with Crippen molar-refractivity contribution in [2.45, 2.75) is 64.7 Å². The highest BCUT2D eigenvalue weighted by molar-refractivity contribution is 5.87. The van der Waals surface area contributed by atoms with E-state index in [1.807, 2.05) is 0 Å². The van der Waals surface area contributed by atoms with Crippen LogP contribution in [0.15, 0.2) is 0 Å². The molecule has 4 fully saturated rings. The van der Waals surface area contributed by atoms with Gasteiger partial charge in [0.15, 0.2) is 0 Å². The molecule has 4 aliphatic rings. The first kappa shape index (κ1) is 13.0. The van der Waals surface area contributed by atoms with Gasteiger partial charge in [0.2, 0.25) is 0 Å². The molecule has 20 heavy (non-hydrogen) atoms. The van der Waals surface area contributed by atoms with Crippen molar-refractivity contribution < 1.29 is 9.59 Å². The minimum Gasteiger partial charge on any atom is -0.300 e. The van der Waals surface area contributed by atoms with Crippen LogP contribution in [0.25, 0.3) is 0 Å². The van der Waals surface area contributed by atoms with E-state index >= 15 is 0 Å². The monoisotopic (exact) mass is 274 g/mol. The molecule has 2 unspecified atom stereocenters. The van der Waals surface area contributed by atoms with Gasteiger partial charge in [-0.15, -0.1) is 0 Å². The highest BCUT2D eigenvalue weighted by Gasteiger charge is 2.56. The third kappa shape index (κ3) is 1.69. The molecule has 0 aliphatic heterocycles. The molecule has 0 bridgehead atoms. The van der Waals surface area contributed by atoms with Crippen molar-refractivity contribution in [1.29, 1.82) is 0 Å². The Balaban J connectivity index is 1.59. The quantitative estimate of drug-likeness (QED) is 0.673. The van der Waals surface area contributed by atoms with Crippen LogP contribution in [0, 0.1) is 35.0 Å². The van der Waals surface area contributed by atoms with Gasteiger partial charge in [-0.05, 0) is 68.1 Å². The first-order valence-electron chi connectivity index (χ1n) is 8.64. The van der Waals surface area contributed by atoms with E-state index in [2.05, 4.69) is 6.92 Å². The summed E-state index contributed by atoms with van der Waals surface area (Å²) in [5, 5.41) is 0. The van der Waals surface area contributed by atoms with Crippen molar-refractivity contribution >= 4 is 11.6 Å². The first-order chi connectivity index (χ1) is 9.59. The maximum absolute atomic E-state index is 12.3. The molecular formula is C18H26O2. The third-order valence-corrected chi connectivity index (χ3v) is 7.47. The molecule has 6 atom stereocenters. The molecule has 2 nitrogen and oxygen atoms in total. The van der Waals surface area contributed by atoms with Gasteiger partial charge in [0, 0.05) is 24.7 Å². The van der Waals surface area contributed by atoms with E-state index in [0.29, 0.717) is 23.4 Å². The summed E-state index contributed by atoms with van der Waals surface area (Å²) in [6.45, 7) is 2.25. The van der Waals surface area contributed by atoms with Gasteiger partial charge >= 0.3 is 0 Å².